The lowest BCUT2D eigenvalue weighted by atomic mass is 9.94. The van der Waals surface area contributed by atoms with Crippen molar-refractivity contribution < 1.29 is 66.3 Å². The van der Waals surface area contributed by atoms with Crippen molar-refractivity contribution >= 4 is 126 Å². The quantitative estimate of drug-likeness (QED) is 0.0583. The van der Waals surface area contributed by atoms with Crippen molar-refractivity contribution in [1.82, 2.24) is 0 Å². The van der Waals surface area contributed by atoms with Gasteiger partial charge in [0.1, 0.15) is 9.81 Å². The zero-order chi connectivity index (χ0) is 47.5. The number of fused-ring (bicyclic) bond motifs is 4. The number of hydrazone groups is 2. The van der Waals surface area contributed by atoms with Gasteiger partial charge in [0.15, 0.2) is 11.4 Å². The number of nitrogens with one attached hydrogen (secondary N) is 4. The molecule has 0 saturated heterocycles. The summed E-state index contributed by atoms with van der Waals surface area (Å²) in [5.74, 6) is -1.83. The molecule has 66 heavy (non-hydrogen) atoms. The molecule has 336 valence electrons. The Hall–Kier alpha value is -7.49. The maximum absolute atomic E-state index is 13.6. The molecule has 0 unspecified atom stereocenters. The summed E-state index contributed by atoms with van der Waals surface area (Å²) in [4.78, 5) is 37.8. The van der Waals surface area contributed by atoms with E-state index in [0.29, 0.717) is 21.5 Å². The topological polar surface area (TPSA) is 342 Å². The zero-order valence-electron chi connectivity index (χ0n) is 32.9. The minimum absolute atomic E-state index is 0.0262. The van der Waals surface area contributed by atoms with Crippen molar-refractivity contribution in [2.24, 2.45) is 10.2 Å². The number of Topliss-reactive ketones (excluding diaryl/α,β-unsaturated/α-hetero) is 2. The molecule has 2 amide bonds. The number of benzene rings is 6. The molecule has 0 spiro atoms. The first-order chi connectivity index (χ1) is 30.9. The number of hydrogen-bond donors (Lipinski definition) is 8. The van der Waals surface area contributed by atoms with Gasteiger partial charge in [-0.2, -0.15) is 43.9 Å². The average molecular weight is 973 g/mol. The molecule has 2 aliphatic carbocycles. The minimum atomic E-state index is -5.07. The fourth-order valence-electron chi connectivity index (χ4n) is 6.88. The second-order valence-corrected chi connectivity index (χ2v) is 20.0. The highest BCUT2D eigenvalue weighted by Gasteiger charge is 2.34. The molecule has 21 nitrogen and oxygen atoms in total. The van der Waals surface area contributed by atoms with Gasteiger partial charge in [-0.25, -0.2) is 4.79 Å². The van der Waals surface area contributed by atoms with E-state index in [1.165, 1.54) is 109 Å². The van der Waals surface area contributed by atoms with Gasteiger partial charge in [0, 0.05) is 22.5 Å². The number of ketones is 2. The molecule has 8 N–H and O–H groups in total. The van der Waals surface area contributed by atoms with Crippen LogP contribution in [0.4, 0.5) is 27.5 Å². The molecule has 8 rings (SSSR count). The van der Waals surface area contributed by atoms with Crippen molar-refractivity contribution in [1.29, 1.82) is 0 Å². The van der Waals surface area contributed by atoms with Gasteiger partial charge in [-0.05, 0) is 130 Å². The van der Waals surface area contributed by atoms with E-state index < -0.39 is 79.3 Å². The summed E-state index contributed by atoms with van der Waals surface area (Å²) >= 11 is 0. The van der Waals surface area contributed by atoms with Gasteiger partial charge in [0.2, 0.25) is 11.6 Å². The summed E-state index contributed by atoms with van der Waals surface area (Å²) < 4.78 is 135. The van der Waals surface area contributed by atoms with Gasteiger partial charge in [0.25, 0.3) is 40.5 Å². The zero-order valence-corrected chi connectivity index (χ0v) is 36.1. The van der Waals surface area contributed by atoms with E-state index in [4.69, 9.17) is 0 Å². The monoisotopic (exact) mass is 972 g/mol. The van der Waals surface area contributed by atoms with E-state index in [0.717, 1.165) is 12.2 Å². The Labute approximate surface area is 373 Å². The number of nitrogens with zero attached hydrogens (tertiary/aromatic N) is 2. The minimum Gasteiger partial charge on any atom is -0.308 e. The number of urea groups is 1. The summed E-state index contributed by atoms with van der Waals surface area (Å²) in [6, 6.07) is 23.2. The third-order valence-corrected chi connectivity index (χ3v) is 13.4. The van der Waals surface area contributed by atoms with Crippen LogP contribution in [0.5, 0.6) is 0 Å². The third kappa shape index (κ3) is 9.34. The van der Waals surface area contributed by atoms with Gasteiger partial charge in [-0.1, -0.05) is 24.3 Å². The fraction of sp³-hybridized carbons (Fsp3) is 0. The van der Waals surface area contributed by atoms with E-state index in [-0.39, 0.29) is 54.8 Å². The standard InChI is InChI=1S/C41H28N6O15S4/c48-39-33-11-7-27(15-25(33)19-35(65(57,58)59)37(39)46-44-29-5-1-23-17-31(63(51,52)53)9-3-21(23)13-29)42-41(50)43-28-8-12-34-26(16-28)20-36(66(60,61)62)38(40(34)49)47-45-30-6-2-24-18-32(64(54,55)56)10-4-22(24)14-30/h1-20,44-45H,(H2,42,43,50)(H,51,52,53)(H,54,55,56)(H,57,58,59)(H,60,61,62)/b46-37-,47-38-. The molecule has 25 heteroatoms. The van der Waals surface area contributed by atoms with E-state index in [2.05, 4.69) is 31.7 Å². The predicted molar refractivity (Wildman–Crippen MR) is 243 cm³/mol. The smallest absolute Gasteiger partial charge is 0.308 e. The molecule has 0 saturated carbocycles. The van der Waals surface area contributed by atoms with E-state index >= 15 is 0 Å². The number of rotatable bonds is 10. The van der Waals surface area contributed by atoms with Gasteiger partial charge in [-0.15, -0.1) is 0 Å². The van der Waals surface area contributed by atoms with Crippen LogP contribution in [0.25, 0.3) is 33.7 Å². The first-order valence-corrected chi connectivity index (χ1v) is 24.2. The van der Waals surface area contributed by atoms with Crippen molar-refractivity contribution in [2.45, 2.75) is 9.79 Å². The van der Waals surface area contributed by atoms with Crippen molar-refractivity contribution in [3.63, 3.8) is 0 Å². The normalized spacial score (nSPS) is 15.5. The first-order valence-electron chi connectivity index (χ1n) is 18.5. The maximum atomic E-state index is 13.6. The van der Waals surface area contributed by atoms with Crippen molar-refractivity contribution in [3.8, 4) is 0 Å². The van der Waals surface area contributed by atoms with Crippen LogP contribution in [0, 0.1) is 0 Å². The molecular formula is C41H28N6O15S4. The molecule has 0 bridgehead atoms. The van der Waals surface area contributed by atoms with Crippen LogP contribution in [0.2, 0.25) is 0 Å². The number of anilines is 4. The van der Waals surface area contributed by atoms with Crippen LogP contribution in [-0.2, 0) is 40.5 Å². The lowest BCUT2D eigenvalue weighted by Gasteiger charge is -2.18. The Kier molecular flexibility index (Phi) is 11.3. The molecule has 0 heterocycles. The average Bonchev–Trinajstić information content (AvgIpc) is 3.23. The number of allylic oxidation sites excluding steroid dienone is 2. The number of amides is 2. The third-order valence-electron chi connectivity index (χ3n) is 9.95. The largest absolute Gasteiger partial charge is 0.323 e. The van der Waals surface area contributed by atoms with Gasteiger partial charge < -0.3 is 10.6 Å². The van der Waals surface area contributed by atoms with E-state index in [1.54, 1.807) is 0 Å². The Balaban J connectivity index is 0.987. The van der Waals surface area contributed by atoms with E-state index in [1.807, 2.05) is 0 Å². The Morgan fingerprint density at radius 2 is 0.773 bits per heavy atom. The predicted octanol–water partition coefficient (Wildman–Crippen LogP) is 5.92. The summed E-state index contributed by atoms with van der Waals surface area (Å²) in [7, 11) is -19.1. The Morgan fingerprint density at radius 1 is 0.424 bits per heavy atom. The lowest BCUT2D eigenvalue weighted by Crippen LogP contribution is -2.27. The molecule has 0 fully saturated rings. The lowest BCUT2D eigenvalue weighted by molar-refractivity contribution is 0.105. The van der Waals surface area contributed by atoms with Crippen LogP contribution < -0.4 is 21.5 Å². The van der Waals surface area contributed by atoms with Crippen molar-refractivity contribution in [2.75, 3.05) is 21.5 Å². The highest BCUT2D eigenvalue weighted by atomic mass is 32.2. The number of carbonyl (C=O) groups is 3. The fourth-order valence-corrected chi connectivity index (χ4v) is 9.23. The molecule has 0 aromatic heterocycles. The summed E-state index contributed by atoms with van der Waals surface area (Å²) in [6.07, 6.45) is 1.93. The maximum Gasteiger partial charge on any atom is 0.323 e. The molecule has 0 radical (unpaired) electrons. The molecule has 6 aromatic rings. The van der Waals surface area contributed by atoms with Crippen molar-refractivity contribution in [3.05, 3.63) is 141 Å². The van der Waals surface area contributed by atoms with Crippen LogP contribution in [0.3, 0.4) is 0 Å². The molecule has 0 atom stereocenters. The summed E-state index contributed by atoms with van der Waals surface area (Å²) in [5.41, 5.74) is 4.15. The van der Waals surface area contributed by atoms with E-state index in [9.17, 15) is 66.3 Å². The SMILES string of the molecule is O=C(Nc1ccc2c(c1)C=C(S(=O)(=O)O)/C(=N/Nc1ccc3cc(S(=O)(=O)O)ccc3c1)C2=O)Nc1ccc2c(c1)C=C(S(=O)(=O)O)/C(=N/Nc1ccc3cc(S(=O)(=O)O)ccc3c1)C2=O. The number of hydrogen-bond acceptors (Lipinski definition) is 15. The second-order valence-electron chi connectivity index (χ2n) is 14.4. The summed E-state index contributed by atoms with van der Waals surface area (Å²) in [6.45, 7) is 0. The second kappa shape index (κ2) is 16.5. The highest BCUT2D eigenvalue weighted by molar-refractivity contribution is 7.91. The Morgan fingerprint density at radius 3 is 1.14 bits per heavy atom. The first kappa shape index (κ1) is 45.1. The number of carbonyl (C=O) groups excluding carboxylic acids is 3. The summed E-state index contributed by atoms with van der Waals surface area (Å²) in [5, 5.41) is 14.7. The molecule has 2 aliphatic rings. The molecular weight excluding hydrogens is 945 g/mol. The van der Waals surface area contributed by atoms with Crippen LogP contribution >= 0.6 is 0 Å². The molecule has 0 aliphatic heterocycles. The van der Waals surface area contributed by atoms with Crippen LogP contribution in [0.15, 0.2) is 139 Å². The molecule has 6 aromatic carbocycles. The Bertz CT molecular complexity index is 3530. The van der Waals surface area contributed by atoms with Gasteiger partial charge >= 0.3 is 6.03 Å². The van der Waals surface area contributed by atoms with Crippen LogP contribution in [0.1, 0.15) is 31.8 Å². The van der Waals surface area contributed by atoms with Gasteiger partial charge in [0.05, 0.1) is 21.2 Å². The van der Waals surface area contributed by atoms with Crippen LogP contribution in [-0.4, -0.2) is 80.9 Å². The highest BCUT2D eigenvalue weighted by Crippen LogP contribution is 2.31. The van der Waals surface area contributed by atoms with Gasteiger partial charge in [-0.3, -0.25) is 38.7 Å².